The maximum absolute atomic E-state index is 5.60. The molecule has 0 bridgehead atoms. The Morgan fingerprint density at radius 2 is 1.50 bits per heavy atom. The molecule has 2 heteroatoms. The van der Waals surface area contributed by atoms with Crippen molar-refractivity contribution in [3.05, 3.63) is 53.9 Å². The molecule has 1 aromatic heterocycles. The summed E-state index contributed by atoms with van der Waals surface area (Å²) < 4.78 is 1.69. The Morgan fingerprint density at radius 1 is 0.929 bits per heavy atom. The number of hydrogen-bond donors (Lipinski definition) is 0. The van der Waals surface area contributed by atoms with Gasteiger partial charge in [-0.25, -0.2) is 0 Å². The van der Waals surface area contributed by atoms with E-state index < -0.39 is 0 Å². The highest BCUT2D eigenvalue weighted by atomic mass is 16.7. The first-order valence-electron chi connectivity index (χ1n) is 4.64. The van der Waals surface area contributed by atoms with Gasteiger partial charge in [0.25, 0.3) is 0 Å². The minimum Gasteiger partial charge on any atom is -0.376 e. The summed E-state index contributed by atoms with van der Waals surface area (Å²) in [7, 11) is 0. The van der Waals surface area contributed by atoms with E-state index in [1.165, 1.54) is 11.1 Å². The van der Waals surface area contributed by atoms with Gasteiger partial charge in [-0.1, -0.05) is 6.07 Å². The molecule has 0 aliphatic heterocycles. The van der Waals surface area contributed by atoms with E-state index >= 15 is 0 Å². The van der Waals surface area contributed by atoms with Crippen molar-refractivity contribution >= 4 is 0 Å². The lowest BCUT2D eigenvalue weighted by Crippen LogP contribution is -2.01. The molecule has 0 aliphatic rings. The third-order valence-corrected chi connectivity index (χ3v) is 1.98. The fraction of sp³-hybridized carbons (Fsp3) is 0.167. The van der Waals surface area contributed by atoms with Crippen molar-refractivity contribution in [1.82, 2.24) is 4.73 Å². The monoisotopic (exact) mass is 187 g/mol. The molecular formula is C12H13NO. The van der Waals surface area contributed by atoms with Gasteiger partial charge in [0.15, 0.2) is 5.75 Å². The SMILES string of the molecule is Cc1cc(C)cc(On2cccc2)c1. The maximum atomic E-state index is 5.60. The molecule has 1 aromatic carbocycles. The van der Waals surface area contributed by atoms with E-state index in [1.54, 1.807) is 4.73 Å². The molecule has 0 spiro atoms. The van der Waals surface area contributed by atoms with Crippen LogP contribution >= 0.6 is 0 Å². The van der Waals surface area contributed by atoms with Crippen LogP contribution in [0.4, 0.5) is 0 Å². The van der Waals surface area contributed by atoms with Crippen LogP contribution in [0.1, 0.15) is 11.1 Å². The van der Waals surface area contributed by atoms with E-state index in [0.717, 1.165) is 5.75 Å². The van der Waals surface area contributed by atoms with Crippen molar-refractivity contribution in [3.63, 3.8) is 0 Å². The molecular weight excluding hydrogens is 174 g/mol. The standard InChI is InChI=1S/C12H13NO/c1-10-7-11(2)9-12(8-10)14-13-5-3-4-6-13/h3-9H,1-2H3. The lowest BCUT2D eigenvalue weighted by atomic mass is 10.1. The van der Waals surface area contributed by atoms with E-state index in [-0.39, 0.29) is 0 Å². The molecule has 0 saturated heterocycles. The van der Waals surface area contributed by atoms with Crippen LogP contribution in [-0.4, -0.2) is 4.73 Å². The largest absolute Gasteiger partial charge is 0.376 e. The molecule has 14 heavy (non-hydrogen) atoms. The highest BCUT2D eigenvalue weighted by molar-refractivity contribution is 5.32. The Morgan fingerprint density at radius 3 is 2.07 bits per heavy atom. The first-order chi connectivity index (χ1) is 6.74. The molecule has 72 valence electrons. The van der Waals surface area contributed by atoms with Gasteiger partial charge in [0.05, 0.1) is 0 Å². The molecule has 0 saturated carbocycles. The van der Waals surface area contributed by atoms with Crippen LogP contribution in [0.25, 0.3) is 0 Å². The summed E-state index contributed by atoms with van der Waals surface area (Å²) in [6, 6.07) is 10.0. The molecule has 0 atom stereocenters. The van der Waals surface area contributed by atoms with Gasteiger partial charge in [-0.3, -0.25) is 0 Å². The summed E-state index contributed by atoms with van der Waals surface area (Å²) in [5.41, 5.74) is 2.43. The van der Waals surface area contributed by atoms with E-state index in [4.69, 9.17) is 4.84 Å². The maximum Gasteiger partial charge on any atom is 0.156 e. The molecule has 0 aliphatic carbocycles. The summed E-state index contributed by atoms with van der Waals surface area (Å²) in [6.07, 6.45) is 3.75. The third-order valence-electron chi connectivity index (χ3n) is 1.98. The summed E-state index contributed by atoms with van der Waals surface area (Å²) in [5.74, 6) is 0.874. The topological polar surface area (TPSA) is 14.2 Å². The summed E-state index contributed by atoms with van der Waals surface area (Å²) in [6.45, 7) is 4.13. The van der Waals surface area contributed by atoms with Gasteiger partial charge in [-0.05, 0) is 49.2 Å². The van der Waals surface area contributed by atoms with Crippen LogP contribution in [0.15, 0.2) is 42.7 Å². The van der Waals surface area contributed by atoms with Crippen LogP contribution in [0.3, 0.4) is 0 Å². The Hall–Kier alpha value is -1.70. The molecule has 0 unspecified atom stereocenters. The van der Waals surface area contributed by atoms with Crippen molar-refractivity contribution in [2.75, 3.05) is 0 Å². The second-order valence-electron chi connectivity index (χ2n) is 3.46. The molecule has 2 aromatic rings. The fourth-order valence-electron chi connectivity index (χ4n) is 1.49. The van der Waals surface area contributed by atoms with Crippen molar-refractivity contribution in [2.45, 2.75) is 13.8 Å². The zero-order valence-corrected chi connectivity index (χ0v) is 8.40. The lowest BCUT2D eigenvalue weighted by molar-refractivity contribution is 0.217. The van der Waals surface area contributed by atoms with Gasteiger partial charge in [-0.15, -0.1) is 0 Å². The van der Waals surface area contributed by atoms with E-state index in [9.17, 15) is 0 Å². The minimum absolute atomic E-state index is 0.874. The lowest BCUT2D eigenvalue weighted by Gasteiger charge is -2.07. The molecule has 2 nitrogen and oxygen atoms in total. The quantitative estimate of drug-likeness (QED) is 0.705. The Kier molecular flexibility index (Phi) is 2.27. The molecule has 0 fully saturated rings. The van der Waals surface area contributed by atoms with Crippen LogP contribution in [0, 0.1) is 13.8 Å². The van der Waals surface area contributed by atoms with Gasteiger partial charge in [0.1, 0.15) is 0 Å². The summed E-state index contributed by atoms with van der Waals surface area (Å²) in [5, 5.41) is 0. The molecule has 1 heterocycles. The van der Waals surface area contributed by atoms with Gasteiger partial charge in [0, 0.05) is 12.4 Å². The normalized spacial score (nSPS) is 10.1. The number of rotatable bonds is 2. The number of aromatic nitrogens is 1. The fourth-order valence-corrected chi connectivity index (χ4v) is 1.49. The second-order valence-corrected chi connectivity index (χ2v) is 3.46. The van der Waals surface area contributed by atoms with Gasteiger partial charge < -0.3 is 4.84 Å². The second kappa shape index (κ2) is 3.58. The molecule has 0 N–H and O–H groups in total. The molecule has 0 amide bonds. The number of nitrogens with zero attached hydrogens (tertiary/aromatic N) is 1. The highest BCUT2D eigenvalue weighted by Crippen LogP contribution is 2.16. The Balaban J connectivity index is 2.25. The Labute approximate surface area is 83.7 Å². The average Bonchev–Trinajstić information content (AvgIpc) is 2.54. The zero-order valence-electron chi connectivity index (χ0n) is 8.40. The van der Waals surface area contributed by atoms with Gasteiger partial charge in [0.2, 0.25) is 0 Å². The van der Waals surface area contributed by atoms with Crippen molar-refractivity contribution in [1.29, 1.82) is 0 Å². The first-order valence-corrected chi connectivity index (χ1v) is 4.64. The van der Waals surface area contributed by atoms with Crippen LogP contribution in [-0.2, 0) is 0 Å². The number of hydrogen-bond acceptors (Lipinski definition) is 1. The number of benzene rings is 1. The van der Waals surface area contributed by atoms with E-state index in [1.807, 2.05) is 36.7 Å². The Bertz CT molecular complexity index is 398. The van der Waals surface area contributed by atoms with Gasteiger partial charge in [-0.2, -0.15) is 4.73 Å². The van der Waals surface area contributed by atoms with E-state index in [0.29, 0.717) is 0 Å². The van der Waals surface area contributed by atoms with Crippen LogP contribution in [0.2, 0.25) is 0 Å². The average molecular weight is 187 g/mol. The number of aryl methyl sites for hydroxylation is 2. The predicted molar refractivity (Wildman–Crippen MR) is 56.4 cm³/mol. The third kappa shape index (κ3) is 1.96. The summed E-state index contributed by atoms with van der Waals surface area (Å²) >= 11 is 0. The van der Waals surface area contributed by atoms with Crippen LogP contribution < -0.4 is 4.84 Å². The summed E-state index contributed by atoms with van der Waals surface area (Å²) in [4.78, 5) is 5.60. The first kappa shape index (κ1) is 8.88. The smallest absolute Gasteiger partial charge is 0.156 e. The van der Waals surface area contributed by atoms with Gasteiger partial charge >= 0.3 is 0 Å². The predicted octanol–water partition coefficient (Wildman–Crippen LogP) is 2.95. The van der Waals surface area contributed by atoms with Crippen LogP contribution in [0.5, 0.6) is 5.75 Å². The van der Waals surface area contributed by atoms with Crippen molar-refractivity contribution in [3.8, 4) is 5.75 Å². The molecule has 0 radical (unpaired) electrons. The minimum atomic E-state index is 0.874. The highest BCUT2D eigenvalue weighted by Gasteiger charge is 1.97. The van der Waals surface area contributed by atoms with Crippen molar-refractivity contribution < 1.29 is 4.84 Å². The van der Waals surface area contributed by atoms with E-state index in [2.05, 4.69) is 19.9 Å². The van der Waals surface area contributed by atoms with Crippen molar-refractivity contribution in [2.24, 2.45) is 0 Å². The molecule has 2 rings (SSSR count). The zero-order chi connectivity index (χ0) is 9.97.